The SMILES string of the molecule is CC(C)N(C)S(=O)(=O)c1ccc(Cl)c(C(=O)OCc2ccccc2Cl)c1. The quantitative estimate of drug-likeness (QED) is 0.656. The van der Waals surface area contributed by atoms with Gasteiger partial charge in [-0.3, -0.25) is 0 Å². The Morgan fingerprint density at radius 3 is 2.38 bits per heavy atom. The standard InChI is InChI=1S/C18H19Cl2NO4S/c1-12(2)21(3)26(23,24)14-8-9-17(20)15(10-14)18(22)25-11-13-6-4-5-7-16(13)19/h4-10,12H,11H2,1-3H3. The number of hydrogen-bond acceptors (Lipinski definition) is 4. The van der Waals surface area contributed by atoms with Gasteiger partial charge in [0.2, 0.25) is 10.0 Å². The predicted octanol–water partition coefficient (Wildman–Crippen LogP) is 4.38. The van der Waals surface area contributed by atoms with E-state index in [0.29, 0.717) is 10.6 Å². The Morgan fingerprint density at radius 1 is 1.12 bits per heavy atom. The maximum atomic E-state index is 12.6. The summed E-state index contributed by atoms with van der Waals surface area (Å²) in [4.78, 5) is 12.3. The van der Waals surface area contributed by atoms with Gasteiger partial charge in [-0.15, -0.1) is 0 Å². The molecule has 5 nitrogen and oxygen atoms in total. The summed E-state index contributed by atoms with van der Waals surface area (Å²) in [5.41, 5.74) is 0.624. The van der Waals surface area contributed by atoms with E-state index in [4.69, 9.17) is 27.9 Å². The van der Waals surface area contributed by atoms with E-state index < -0.39 is 16.0 Å². The van der Waals surface area contributed by atoms with Gasteiger partial charge in [0.1, 0.15) is 6.61 Å². The molecule has 2 aromatic carbocycles. The van der Waals surface area contributed by atoms with Crippen LogP contribution in [0.4, 0.5) is 0 Å². The Hall–Kier alpha value is -1.60. The van der Waals surface area contributed by atoms with Crippen LogP contribution in [0.15, 0.2) is 47.4 Å². The summed E-state index contributed by atoms with van der Waals surface area (Å²) in [6, 6.07) is 10.7. The topological polar surface area (TPSA) is 63.7 Å². The molecular formula is C18H19Cl2NO4S. The molecule has 0 spiro atoms. The largest absolute Gasteiger partial charge is 0.457 e. The van der Waals surface area contributed by atoms with Gasteiger partial charge >= 0.3 is 5.97 Å². The third kappa shape index (κ3) is 4.57. The first kappa shape index (κ1) is 20.7. The second kappa shape index (κ2) is 8.39. The van der Waals surface area contributed by atoms with Crippen LogP contribution in [0, 0.1) is 0 Å². The molecule has 0 fully saturated rings. The maximum absolute atomic E-state index is 12.6. The Labute approximate surface area is 163 Å². The number of hydrogen-bond donors (Lipinski definition) is 0. The number of carbonyl (C=O) groups excluding carboxylic acids is 1. The number of rotatable bonds is 6. The number of halogens is 2. The van der Waals surface area contributed by atoms with Crippen LogP contribution in [0.3, 0.4) is 0 Å². The van der Waals surface area contributed by atoms with Gasteiger partial charge < -0.3 is 4.74 Å². The zero-order chi connectivity index (χ0) is 19.5. The lowest BCUT2D eigenvalue weighted by Crippen LogP contribution is -2.33. The molecule has 0 aliphatic carbocycles. The molecule has 0 saturated heterocycles. The second-order valence-corrected chi connectivity index (χ2v) is 8.74. The van der Waals surface area contributed by atoms with Crippen LogP contribution in [-0.4, -0.2) is 31.8 Å². The minimum Gasteiger partial charge on any atom is -0.457 e. The molecular weight excluding hydrogens is 397 g/mol. The van der Waals surface area contributed by atoms with Crippen molar-refractivity contribution in [3.05, 3.63) is 63.6 Å². The molecule has 0 bridgehead atoms. The fourth-order valence-corrected chi connectivity index (χ4v) is 3.88. The van der Waals surface area contributed by atoms with E-state index in [1.807, 2.05) is 0 Å². The summed E-state index contributed by atoms with van der Waals surface area (Å²) in [5.74, 6) is -0.723. The molecule has 0 aliphatic rings. The number of nitrogens with zero attached hydrogens (tertiary/aromatic N) is 1. The number of ether oxygens (including phenoxy) is 1. The first-order chi connectivity index (χ1) is 12.1. The molecule has 2 aromatic rings. The van der Waals surface area contributed by atoms with Gasteiger partial charge in [-0.1, -0.05) is 41.4 Å². The molecule has 0 aliphatic heterocycles. The molecule has 0 saturated carbocycles. The highest BCUT2D eigenvalue weighted by Gasteiger charge is 2.25. The van der Waals surface area contributed by atoms with Crippen molar-refractivity contribution in [3.8, 4) is 0 Å². The molecule has 0 heterocycles. The van der Waals surface area contributed by atoms with Gasteiger partial charge in [-0.25, -0.2) is 13.2 Å². The fourth-order valence-electron chi connectivity index (χ4n) is 2.10. The minimum atomic E-state index is -3.74. The van der Waals surface area contributed by atoms with Crippen LogP contribution >= 0.6 is 23.2 Å². The van der Waals surface area contributed by atoms with Crippen molar-refractivity contribution in [2.45, 2.75) is 31.4 Å². The van der Waals surface area contributed by atoms with Crippen molar-refractivity contribution in [1.29, 1.82) is 0 Å². The summed E-state index contributed by atoms with van der Waals surface area (Å²) < 4.78 is 31.6. The van der Waals surface area contributed by atoms with E-state index in [1.54, 1.807) is 38.1 Å². The number of sulfonamides is 1. The smallest absolute Gasteiger partial charge is 0.340 e. The Bertz CT molecular complexity index is 913. The van der Waals surface area contributed by atoms with Gasteiger partial charge in [0.05, 0.1) is 15.5 Å². The third-order valence-electron chi connectivity index (χ3n) is 3.88. The van der Waals surface area contributed by atoms with Gasteiger partial charge in [0.15, 0.2) is 0 Å². The van der Waals surface area contributed by atoms with Crippen LogP contribution < -0.4 is 0 Å². The summed E-state index contributed by atoms with van der Waals surface area (Å²) in [7, 11) is -2.26. The van der Waals surface area contributed by atoms with Crippen molar-refractivity contribution < 1.29 is 17.9 Å². The molecule has 140 valence electrons. The number of carbonyl (C=O) groups is 1. The summed E-state index contributed by atoms with van der Waals surface area (Å²) >= 11 is 12.1. The minimum absolute atomic E-state index is 0.0167. The van der Waals surface area contributed by atoms with Crippen LogP contribution in [0.5, 0.6) is 0 Å². The van der Waals surface area contributed by atoms with E-state index >= 15 is 0 Å². The monoisotopic (exact) mass is 415 g/mol. The molecule has 0 amide bonds. The molecule has 0 N–H and O–H groups in total. The van der Waals surface area contributed by atoms with E-state index in [1.165, 1.54) is 29.6 Å². The van der Waals surface area contributed by atoms with Crippen molar-refractivity contribution in [3.63, 3.8) is 0 Å². The molecule has 0 unspecified atom stereocenters. The van der Waals surface area contributed by atoms with Crippen molar-refractivity contribution in [1.82, 2.24) is 4.31 Å². The second-order valence-electron chi connectivity index (χ2n) is 5.92. The van der Waals surface area contributed by atoms with Crippen LogP contribution in [0.2, 0.25) is 10.0 Å². The average molecular weight is 416 g/mol. The number of benzene rings is 2. The Morgan fingerprint density at radius 2 is 1.77 bits per heavy atom. The lowest BCUT2D eigenvalue weighted by atomic mass is 10.2. The zero-order valence-electron chi connectivity index (χ0n) is 14.6. The van der Waals surface area contributed by atoms with Crippen LogP contribution in [-0.2, 0) is 21.4 Å². The van der Waals surface area contributed by atoms with E-state index in [9.17, 15) is 13.2 Å². The highest BCUT2D eigenvalue weighted by molar-refractivity contribution is 7.89. The summed E-state index contributed by atoms with van der Waals surface area (Å²) in [5, 5.41) is 0.585. The van der Waals surface area contributed by atoms with Gasteiger partial charge in [-0.2, -0.15) is 4.31 Å². The first-order valence-corrected chi connectivity index (χ1v) is 10.0. The Kier molecular flexibility index (Phi) is 6.69. The molecule has 2 rings (SSSR count). The molecule has 26 heavy (non-hydrogen) atoms. The van der Waals surface area contributed by atoms with Gasteiger partial charge in [-0.05, 0) is 38.1 Å². The van der Waals surface area contributed by atoms with E-state index in [0.717, 1.165) is 0 Å². The molecule has 0 aromatic heterocycles. The van der Waals surface area contributed by atoms with Gasteiger partial charge in [0.25, 0.3) is 0 Å². The molecule has 0 radical (unpaired) electrons. The van der Waals surface area contributed by atoms with Crippen molar-refractivity contribution in [2.75, 3.05) is 7.05 Å². The van der Waals surface area contributed by atoms with Crippen LogP contribution in [0.1, 0.15) is 29.8 Å². The van der Waals surface area contributed by atoms with E-state index in [-0.39, 0.29) is 28.1 Å². The fraction of sp³-hybridized carbons (Fsp3) is 0.278. The third-order valence-corrected chi connectivity index (χ3v) is 6.61. The normalized spacial score (nSPS) is 11.8. The average Bonchev–Trinajstić information content (AvgIpc) is 2.60. The highest BCUT2D eigenvalue weighted by atomic mass is 35.5. The van der Waals surface area contributed by atoms with Gasteiger partial charge in [0, 0.05) is 23.7 Å². The molecule has 0 atom stereocenters. The summed E-state index contributed by atoms with van der Waals surface area (Å²) in [6.07, 6.45) is 0. The Balaban J connectivity index is 2.27. The lowest BCUT2D eigenvalue weighted by Gasteiger charge is -2.21. The summed E-state index contributed by atoms with van der Waals surface area (Å²) in [6.45, 7) is 3.47. The van der Waals surface area contributed by atoms with E-state index in [2.05, 4.69) is 0 Å². The lowest BCUT2D eigenvalue weighted by molar-refractivity contribution is 0.0473. The number of esters is 1. The highest BCUT2D eigenvalue weighted by Crippen LogP contribution is 2.25. The molecule has 8 heteroatoms. The zero-order valence-corrected chi connectivity index (χ0v) is 16.9. The first-order valence-electron chi connectivity index (χ1n) is 7.82. The maximum Gasteiger partial charge on any atom is 0.340 e. The van der Waals surface area contributed by atoms with Crippen molar-refractivity contribution >= 4 is 39.2 Å². The van der Waals surface area contributed by atoms with Crippen LogP contribution in [0.25, 0.3) is 0 Å². The predicted molar refractivity (Wildman–Crippen MR) is 102 cm³/mol. The van der Waals surface area contributed by atoms with Crippen molar-refractivity contribution in [2.24, 2.45) is 0 Å².